The van der Waals surface area contributed by atoms with Crippen LogP contribution in [0.5, 0.6) is 0 Å². The van der Waals surface area contributed by atoms with Gasteiger partial charge >= 0.3 is 6.18 Å². The number of thioether (sulfide) groups is 1. The average Bonchev–Trinajstić information content (AvgIpc) is 2.67. The first-order valence-electron chi connectivity index (χ1n) is 8.21. The molecule has 0 spiro atoms. The lowest BCUT2D eigenvalue weighted by Crippen LogP contribution is -2.23. The number of anilines is 1. The summed E-state index contributed by atoms with van der Waals surface area (Å²) in [6, 6.07) is 11.7. The van der Waals surface area contributed by atoms with Crippen molar-refractivity contribution in [2.24, 2.45) is 0 Å². The highest BCUT2D eigenvalue weighted by Crippen LogP contribution is 2.34. The van der Waals surface area contributed by atoms with Crippen molar-refractivity contribution in [3.05, 3.63) is 64.5 Å². The number of rotatable bonds is 5. The number of fused-ring (bicyclic) bond motifs is 1. The molecule has 0 saturated heterocycles. The second-order valence-corrected chi connectivity index (χ2v) is 7.22. The molecule has 3 rings (SSSR count). The summed E-state index contributed by atoms with van der Waals surface area (Å²) >= 11 is 0.812. The largest absolute Gasteiger partial charge is 0.451 e. The third kappa shape index (κ3) is 4.62. The van der Waals surface area contributed by atoms with Crippen LogP contribution in [-0.2, 0) is 11.0 Å². The summed E-state index contributed by atoms with van der Waals surface area (Å²) in [4.78, 5) is 30.0. The second kappa shape index (κ2) is 8.03. The third-order valence-electron chi connectivity index (χ3n) is 3.84. The van der Waals surface area contributed by atoms with E-state index in [1.54, 1.807) is 18.2 Å². The van der Waals surface area contributed by atoms with Crippen molar-refractivity contribution in [3.63, 3.8) is 0 Å². The number of halogens is 3. The van der Waals surface area contributed by atoms with Gasteiger partial charge in [0.2, 0.25) is 11.7 Å². The molecule has 0 aliphatic rings. The van der Waals surface area contributed by atoms with Crippen LogP contribution >= 0.6 is 11.8 Å². The molecule has 0 radical (unpaired) electrons. The molecular weight excluding hydrogens is 409 g/mol. The minimum Gasteiger partial charge on any atom is -0.319 e. The second-order valence-electron chi connectivity index (χ2n) is 5.89. The van der Waals surface area contributed by atoms with Gasteiger partial charge in [-0.05, 0) is 19.1 Å². The van der Waals surface area contributed by atoms with Crippen LogP contribution in [0.4, 0.5) is 24.5 Å². The Labute approximate surface area is 166 Å². The van der Waals surface area contributed by atoms with Crippen LogP contribution in [0.25, 0.3) is 10.9 Å². The number of carbonyl (C=O) groups excluding carboxylic acids is 1. The average molecular weight is 422 g/mol. The molecule has 2 aromatic carbocycles. The summed E-state index contributed by atoms with van der Waals surface area (Å²) in [5.74, 6) is -1.91. The molecule has 0 aliphatic carbocycles. The quantitative estimate of drug-likeness (QED) is 0.278. The molecule has 0 aliphatic heterocycles. The third-order valence-corrected chi connectivity index (χ3v) is 4.94. The molecule has 0 bridgehead atoms. The fourth-order valence-corrected chi connectivity index (χ4v) is 3.40. The number of amides is 1. The molecule has 150 valence electrons. The molecule has 1 heterocycles. The van der Waals surface area contributed by atoms with E-state index < -0.39 is 28.1 Å². The highest BCUT2D eigenvalue weighted by atomic mass is 32.2. The predicted octanol–water partition coefficient (Wildman–Crippen LogP) is 4.68. The Balaban J connectivity index is 1.89. The maximum absolute atomic E-state index is 13.1. The van der Waals surface area contributed by atoms with Crippen LogP contribution in [0, 0.1) is 10.1 Å². The predicted molar refractivity (Wildman–Crippen MR) is 102 cm³/mol. The minimum atomic E-state index is -4.74. The van der Waals surface area contributed by atoms with Gasteiger partial charge in [0.1, 0.15) is 10.7 Å². The zero-order chi connectivity index (χ0) is 21.2. The van der Waals surface area contributed by atoms with E-state index in [9.17, 15) is 28.1 Å². The number of hydrogen-bond donors (Lipinski definition) is 1. The molecule has 11 heteroatoms. The van der Waals surface area contributed by atoms with E-state index in [1.807, 2.05) is 0 Å². The van der Waals surface area contributed by atoms with Crippen molar-refractivity contribution >= 4 is 39.9 Å². The number of aromatic nitrogens is 2. The number of carbonyl (C=O) groups is 1. The molecule has 0 unspecified atom stereocenters. The fraction of sp³-hybridized carbons (Fsp3) is 0.167. The minimum absolute atomic E-state index is 0.00141. The van der Waals surface area contributed by atoms with Crippen LogP contribution < -0.4 is 5.32 Å². The van der Waals surface area contributed by atoms with Gasteiger partial charge in [-0.1, -0.05) is 42.1 Å². The number of para-hydroxylation sites is 3. The van der Waals surface area contributed by atoms with E-state index in [4.69, 9.17) is 0 Å². The number of nitrogens with one attached hydrogen (secondary N) is 1. The van der Waals surface area contributed by atoms with Gasteiger partial charge in [-0.25, -0.2) is 9.97 Å². The number of alkyl halides is 3. The van der Waals surface area contributed by atoms with Crippen LogP contribution in [0.2, 0.25) is 0 Å². The van der Waals surface area contributed by atoms with E-state index in [0.717, 1.165) is 11.8 Å². The van der Waals surface area contributed by atoms with Crippen molar-refractivity contribution in [3.8, 4) is 0 Å². The van der Waals surface area contributed by atoms with Crippen molar-refractivity contribution in [2.75, 3.05) is 5.32 Å². The van der Waals surface area contributed by atoms with Gasteiger partial charge in [-0.2, -0.15) is 13.2 Å². The van der Waals surface area contributed by atoms with E-state index >= 15 is 0 Å². The molecular formula is C18H13F3N4O3S. The normalized spacial score (nSPS) is 12.6. The first-order valence-corrected chi connectivity index (χ1v) is 9.09. The number of benzene rings is 2. The topological polar surface area (TPSA) is 98.0 Å². The Bertz CT molecular complexity index is 1090. The van der Waals surface area contributed by atoms with Gasteiger partial charge in [-0.3, -0.25) is 14.9 Å². The molecule has 7 nitrogen and oxygen atoms in total. The number of nitrogens with zero attached hydrogens (tertiary/aromatic N) is 3. The van der Waals surface area contributed by atoms with E-state index in [2.05, 4.69) is 15.3 Å². The summed E-state index contributed by atoms with van der Waals surface area (Å²) in [7, 11) is 0. The van der Waals surface area contributed by atoms with Crippen LogP contribution in [0.1, 0.15) is 12.7 Å². The van der Waals surface area contributed by atoms with E-state index in [1.165, 1.54) is 37.3 Å². The van der Waals surface area contributed by atoms with E-state index in [-0.39, 0.29) is 21.9 Å². The van der Waals surface area contributed by atoms with Crippen molar-refractivity contribution < 1.29 is 22.9 Å². The van der Waals surface area contributed by atoms with Gasteiger partial charge in [0.25, 0.3) is 5.69 Å². The molecule has 0 saturated carbocycles. The Morgan fingerprint density at radius 3 is 2.48 bits per heavy atom. The molecule has 0 fully saturated rings. The first-order chi connectivity index (χ1) is 13.7. The Morgan fingerprint density at radius 2 is 1.79 bits per heavy atom. The fourth-order valence-electron chi connectivity index (χ4n) is 2.46. The molecule has 1 atom stereocenters. The first kappa shape index (κ1) is 20.5. The zero-order valence-electron chi connectivity index (χ0n) is 14.8. The molecule has 1 N–H and O–H groups in total. The summed E-state index contributed by atoms with van der Waals surface area (Å²) < 4.78 is 39.4. The highest BCUT2D eigenvalue weighted by molar-refractivity contribution is 8.00. The molecule has 29 heavy (non-hydrogen) atoms. The van der Waals surface area contributed by atoms with Crippen LogP contribution in [0.3, 0.4) is 0 Å². The van der Waals surface area contributed by atoms with Crippen molar-refractivity contribution in [1.82, 2.24) is 9.97 Å². The monoisotopic (exact) mass is 422 g/mol. The van der Waals surface area contributed by atoms with Gasteiger partial charge in [0.05, 0.1) is 15.7 Å². The van der Waals surface area contributed by atoms with Gasteiger partial charge in [0, 0.05) is 11.5 Å². The van der Waals surface area contributed by atoms with Crippen LogP contribution in [0.15, 0.2) is 53.6 Å². The Kier molecular flexibility index (Phi) is 5.69. The molecule has 1 amide bonds. The number of hydrogen-bond acceptors (Lipinski definition) is 6. The smallest absolute Gasteiger partial charge is 0.319 e. The lowest BCUT2D eigenvalue weighted by Gasteiger charge is -2.14. The Hall–Kier alpha value is -3.21. The van der Waals surface area contributed by atoms with E-state index in [0.29, 0.717) is 5.39 Å². The maximum Gasteiger partial charge on any atom is 0.451 e. The van der Waals surface area contributed by atoms with Crippen molar-refractivity contribution in [1.29, 1.82) is 0 Å². The Morgan fingerprint density at radius 1 is 1.14 bits per heavy atom. The van der Waals surface area contributed by atoms with Gasteiger partial charge < -0.3 is 5.32 Å². The maximum atomic E-state index is 13.1. The molecule has 1 aromatic heterocycles. The van der Waals surface area contributed by atoms with Gasteiger partial charge in [-0.15, -0.1) is 0 Å². The summed E-state index contributed by atoms with van der Waals surface area (Å²) in [6.45, 7) is 1.47. The number of nitro benzene ring substituents is 1. The zero-order valence-corrected chi connectivity index (χ0v) is 15.6. The summed E-state index contributed by atoms with van der Waals surface area (Å²) in [6.07, 6.45) is -4.74. The summed E-state index contributed by atoms with van der Waals surface area (Å²) in [5, 5.41) is 13.0. The lowest BCUT2D eigenvalue weighted by molar-refractivity contribution is -0.383. The van der Waals surface area contributed by atoms with Gasteiger partial charge in [0.15, 0.2) is 0 Å². The van der Waals surface area contributed by atoms with Crippen LogP contribution in [-0.4, -0.2) is 26.0 Å². The number of nitro groups is 1. The highest BCUT2D eigenvalue weighted by Gasteiger charge is 2.36. The lowest BCUT2D eigenvalue weighted by atomic mass is 10.2. The SMILES string of the molecule is C[C@@H](Sc1nc(C(F)(F)F)nc2ccccc12)C(=O)Nc1ccccc1[N+](=O)[O-]. The molecule has 3 aromatic rings. The standard InChI is InChI=1S/C18H13F3N4O3S/c1-10(15(26)22-13-8-4-5-9-14(13)25(27)28)29-16-11-6-2-3-7-12(11)23-17(24-16)18(19,20)21/h2-10H,1H3,(H,22,26)/t10-/m1/s1. The van der Waals surface area contributed by atoms with Crippen molar-refractivity contribution in [2.45, 2.75) is 23.4 Å². The summed E-state index contributed by atoms with van der Waals surface area (Å²) in [5.41, 5.74) is -0.188.